The second-order valence-corrected chi connectivity index (χ2v) is 10.4. The van der Waals surface area contributed by atoms with Gasteiger partial charge in [-0.25, -0.2) is 0 Å². The number of aromatic amines is 1. The molecule has 9 nitrogen and oxygen atoms in total. The summed E-state index contributed by atoms with van der Waals surface area (Å²) in [5.74, 6) is 1.54. The van der Waals surface area contributed by atoms with Gasteiger partial charge in [0.15, 0.2) is 5.82 Å². The van der Waals surface area contributed by atoms with Crippen LogP contribution in [0.5, 0.6) is 11.5 Å². The lowest BCUT2D eigenvalue weighted by molar-refractivity contribution is -0.127. The first-order valence-electron chi connectivity index (χ1n) is 12.9. The summed E-state index contributed by atoms with van der Waals surface area (Å²) in [5, 5.41) is 17.6. The minimum atomic E-state index is -0.764. The first-order valence-corrected chi connectivity index (χ1v) is 12.9. The monoisotopic (exact) mass is 521 g/mol. The fourth-order valence-electron chi connectivity index (χ4n) is 4.97. The highest BCUT2D eigenvalue weighted by atomic mass is 16.5. The molecule has 3 heterocycles. The van der Waals surface area contributed by atoms with Crippen LogP contribution in [0.15, 0.2) is 72.3 Å². The second kappa shape index (κ2) is 10.6. The van der Waals surface area contributed by atoms with Gasteiger partial charge in [-0.1, -0.05) is 18.2 Å². The number of H-pyrrole nitrogens is 1. The molecule has 0 aliphatic carbocycles. The zero-order valence-corrected chi connectivity index (χ0v) is 22.0. The summed E-state index contributed by atoms with van der Waals surface area (Å²) >= 11 is 0. The minimum absolute atomic E-state index is 0.0673. The molecule has 4 aromatic rings. The van der Waals surface area contributed by atoms with Crippen molar-refractivity contribution in [3.63, 3.8) is 0 Å². The van der Waals surface area contributed by atoms with Crippen molar-refractivity contribution < 1.29 is 9.53 Å². The van der Waals surface area contributed by atoms with E-state index >= 15 is 0 Å². The Morgan fingerprint density at radius 1 is 1.21 bits per heavy atom. The van der Waals surface area contributed by atoms with E-state index < -0.39 is 5.54 Å². The summed E-state index contributed by atoms with van der Waals surface area (Å²) in [7, 11) is 0. The zero-order valence-electron chi connectivity index (χ0n) is 22.0. The molecular weight excluding hydrogens is 490 g/mol. The van der Waals surface area contributed by atoms with Gasteiger partial charge in [-0.3, -0.25) is 14.9 Å². The number of nitrogens with zero attached hydrogens (tertiary/aromatic N) is 4. The van der Waals surface area contributed by atoms with Crippen molar-refractivity contribution in [2.45, 2.75) is 44.7 Å². The number of amides is 1. The Morgan fingerprint density at radius 2 is 1.92 bits per heavy atom. The van der Waals surface area contributed by atoms with E-state index in [4.69, 9.17) is 21.2 Å². The summed E-state index contributed by atoms with van der Waals surface area (Å²) < 4.78 is 5.93. The predicted molar refractivity (Wildman–Crippen MR) is 151 cm³/mol. The van der Waals surface area contributed by atoms with Gasteiger partial charge in [0.25, 0.3) is 5.91 Å². The number of anilines is 1. The molecule has 39 heavy (non-hydrogen) atoms. The largest absolute Gasteiger partial charge is 0.457 e. The fourth-order valence-corrected chi connectivity index (χ4v) is 4.97. The van der Waals surface area contributed by atoms with E-state index in [9.17, 15) is 10.1 Å². The maximum absolute atomic E-state index is 13.2. The standard InChI is InChI=1S/C30H31N7O2/c1-30(2,33)17-20(18-31)29(38)37-14-6-7-22(37)15-21-16-25-26(28(32)36-35-25)27(34-21)19-10-12-24(13-11-19)39-23-8-4-3-5-9-23/h3-5,8-13,16-17,22H,6-7,14-15,33H2,1-2H3,(H3,32,35,36)/t22-/m0/s1. The maximum Gasteiger partial charge on any atom is 0.264 e. The van der Waals surface area contributed by atoms with Crippen molar-refractivity contribution >= 4 is 22.6 Å². The first-order chi connectivity index (χ1) is 18.7. The van der Waals surface area contributed by atoms with E-state index in [-0.39, 0.29) is 17.5 Å². The molecule has 0 spiro atoms. The average molecular weight is 522 g/mol. The zero-order chi connectivity index (χ0) is 27.6. The lowest BCUT2D eigenvalue weighted by Gasteiger charge is -2.25. The molecule has 5 N–H and O–H groups in total. The number of pyridine rings is 1. The van der Waals surface area contributed by atoms with Gasteiger partial charge in [-0.15, -0.1) is 0 Å². The van der Waals surface area contributed by atoms with Crippen LogP contribution in [0.1, 0.15) is 32.4 Å². The van der Waals surface area contributed by atoms with Gasteiger partial charge in [0.1, 0.15) is 23.1 Å². The third-order valence-corrected chi connectivity index (χ3v) is 6.68. The third kappa shape index (κ3) is 5.76. The van der Waals surface area contributed by atoms with Crippen LogP contribution in [0, 0.1) is 11.3 Å². The van der Waals surface area contributed by atoms with Crippen molar-refractivity contribution in [1.29, 1.82) is 5.26 Å². The van der Waals surface area contributed by atoms with Crippen LogP contribution in [0.4, 0.5) is 5.82 Å². The molecule has 1 saturated heterocycles. The van der Waals surface area contributed by atoms with Crippen molar-refractivity contribution in [3.8, 4) is 28.8 Å². The number of likely N-dealkylation sites (tertiary alicyclic amines) is 1. The Kier molecular flexibility index (Phi) is 7.05. The Bertz CT molecular complexity index is 1560. The summed E-state index contributed by atoms with van der Waals surface area (Å²) in [6.45, 7) is 4.11. The number of nitrogens with one attached hydrogen (secondary N) is 1. The molecule has 198 valence electrons. The van der Waals surface area contributed by atoms with E-state index in [1.807, 2.05) is 66.7 Å². The molecule has 0 unspecified atom stereocenters. The number of hydrogen-bond donors (Lipinski definition) is 3. The highest BCUT2D eigenvalue weighted by Gasteiger charge is 2.32. The molecule has 1 aliphatic heterocycles. The summed E-state index contributed by atoms with van der Waals surface area (Å²) in [6.07, 6.45) is 3.75. The van der Waals surface area contributed by atoms with Crippen LogP contribution < -0.4 is 16.2 Å². The minimum Gasteiger partial charge on any atom is -0.457 e. The predicted octanol–water partition coefficient (Wildman–Crippen LogP) is 4.72. The molecule has 2 aromatic carbocycles. The molecule has 1 atom stereocenters. The number of fused-ring (bicyclic) bond motifs is 1. The van der Waals surface area contributed by atoms with Crippen molar-refractivity contribution in [2.24, 2.45) is 5.73 Å². The van der Waals surface area contributed by atoms with Crippen LogP contribution in [0.3, 0.4) is 0 Å². The second-order valence-electron chi connectivity index (χ2n) is 10.4. The van der Waals surface area contributed by atoms with Crippen LogP contribution in [-0.4, -0.2) is 44.1 Å². The quantitative estimate of drug-likeness (QED) is 0.235. The Balaban J connectivity index is 1.43. The lowest BCUT2D eigenvalue weighted by Crippen LogP contribution is -2.39. The van der Waals surface area contributed by atoms with Gasteiger partial charge < -0.3 is 21.1 Å². The SMILES string of the molecule is CC(C)(N)C=C(C#N)C(=O)N1CCC[C@H]1Cc1cc2[nH]nc(N)c2c(-c2ccc(Oc3ccccc3)cc2)n1. The van der Waals surface area contributed by atoms with Gasteiger partial charge in [-0.05, 0) is 75.2 Å². The summed E-state index contributed by atoms with van der Waals surface area (Å²) in [4.78, 5) is 20.0. The van der Waals surface area contributed by atoms with Gasteiger partial charge in [0.2, 0.25) is 0 Å². The van der Waals surface area contributed by atoms with Crippen LogP contribution >= 0.6 is 0 Å². The highest BCUT2D eigenvalue weighted by Crippen LogP contribution is 2.33. The topological polar surface area (TPSA) is 147 Å². The first kappa shape index (κ1) is 25.9. The van der Waals surface area contributed by atoms with Gasteiger partial charge >= 0.3 is 0 Å². The number of benzene rings is 2. The number of nitriles is 1. The van der Waals surface area contributed by atoms with Crippen molar-refractivity contribution in [3.05, 3.63) is 78.0 Å². The van der Waals surface area contributed by atoms with Crippen LogP contribution in [0.2, 0.25) is 0 Å². The van der Waals surface area contributed by atoms with E-state index in [0.717, 1.165) is 40.8 Å². The van der Waals surface area contributed by atoms with Gasteiger partial charge in [-0.2, -0.15) is 10.4 Å². The summed E-state index contributed by atoms with van der Waals surface area (Å²) in [6, 6.07) is 21.1. The number of para-hydroxylation sites is 1. The molecule has 9 heteroatoms. The molecule has 1 aliphatic rings. The molecule has 2 aromatic heterocycles. The van der Waals surface area contributed by atoms with E-state index in [0.29, 0.717) is 30.2 Å². The van der Waals surface area contributed by atoms with Crippen LogP contribution in [-0.2, 0) is 11.2 Å². The number of carbonyl (C=O) groups excluding carboxylic acids is 1. The average Bonchev–Trinajstić information content (AvgIpc) is 3.53. The fraction of sp³-hybridized carbons (Fsp3) is 0.267. The third-order valence-electron chi connectivity index (χ3n) is 6.68. The highest BCUT2D eigenvalue weighted by molar-refractivity contribution is 6.00. The Hall–Kier alpha value is -4.68. The maximum atomic E-state index is 13.2. The smallest absolute Gasteiger partial charge is 0.264 e. The van der Waals surface area contributed by atoms with E-state index in [1.165, 1.54) is 6.08 Å². The van der Waals surface area contributed by atoms with Crippen molar-refractivity contribution in [1.82, 2.24) is 20.1 Å². The molecule has 0 bridgehead atoms. The van der Waals surface area contributed by atoms with E-state index in [1.54, 1.807) is 18.7 Å². The molecule has 1 amide bonds. The van der Waals surface area contributed by atoms with Gasteiger partial charge in [0.05, 0.1) is 16.6 Å². The number of aromatic nitrogens is 3. The van der Waals surface area contributed by atoms with Crippen LogP contribution in [0.25, 0.3) is 22.2 Å². The number of carbonyl (C=O) groups is 1. The summed E-state index contributed by atoms with van der Waals surface area (Å²) in [5.41, 5.74) is 14.7. The van der Waals surface area contributed by atoms with Gasteiger partial charge in [0, 0.05) is 35.8 Å². The molecule has 1 fully saturated rings. The Labute approximate surface area is 227 Å². The Morgan fingerprint density at radius 3 is 2.62 bits per heavy atom. The number of nitrogens with two attached hydrogens (primary N) is 2. The van der Waals surface area contributed by atoms with Crippen molar-refractivity contribution in [2.75, 3.05) is 12.3 Å². The molecule has 0 radical (unpaired) electrons. The van der Waals surface area contributed by atoms with E-state index in [2.05, 4.69) is 10.2 Å². The molecular formula is C30H31N7O2. The lowest BCUT2D eigenvalue weighted by atomic mass is 10.0. The number of rotatable bonds is 7. The normalized spacial score (nSPS) is 15.9. The number of nitrogen functional groups attached to an aromatic ring is 1. The number of hydrogen-bond acceptors (Lipinski definition) is 7. The number of ether oxygens (including phenoxy) is 1. The molecule has 5 rings (SSSR count). The molecule has 0 saturated carbocycles.